The fraction of sp³-hybridized carbons (Fsp3) is 0.0857. The van der Waals surface area contributed by atoms with Gasteiger partial charge in [-0.05, 0) is 174 Å². The van der Waals surface area contributed by atoms with Crippen LogP contribution in [0.15, 0.2) is 224 Å². The van der Waals surface area contributed by atoms with E-state index < -0.39 is 0 Å². The predicted molar refractivity (Wildman–Crippen MR) is 299 cm³/mol. The van der Waals surface area contributed by atoms with Gasteiger partial charge in [0.25, 0.3) is 0 Å². The average molecular weight is 909 g/mol. The van der Waals surface area contributed by atoms with Crippen LogP contribution in [0, 0.1) is 5.82 Å². The average Bonchev–Trinajstić information content (AvgIpc) is 3.77. The first-order chi connectivity index (χ1) is 34.6. The molecule has 0 spiro atoms. The minimum absolute atomic E-state index is 0.183. The summed E-state index contributed by atoms with van der Waals surface area (Å²) in [7, 11) is 0. The van der Waals surface area contributed by atoms with Crippen molar-refractivity contribution in [3.05, 3.63) is 253 Å². The van der Waals surface area contributed by atoms with Gasteiger partial charge in [-0.2, -0.15) is 0 Å². The van der Waals surface area contributed by atoms with E-state index in [0.717, 1.165) is 11.1 Å². The van der Waals surface area contributed by atoms with Gasteiger partial charge in [0.1, 0.15) is 5.82 Å². The Kier molecular flexibility index (Phi) is 8.96. The molecule has 0 saturated heterocycles. The molecule has 12 aromatic rings. The molecule has 0 bridgehead atoms. The van der Waals surface area contributed by atoms with E-state index in [4.69, 9.17) is 0 Å². The van der Waals surface area contributed by atoms with E-state index >= 15 is 0 Å². The van der Waals surface area contributed by atoms with Crippen molar-refractivity contribution in [1.82, 2.24) is 0 Å². The zero-order valence-corrected chi connectivity index (χ0v) is 40.2. The van der Waals surface area contributed by atoms with Crippen molar-refractivity contribution >= 4 is 43.1 Å². The maximum absolute atomic E-state index is 14.5. The van der Waals surface area contributed by atoms with Gasteiger partial charge in [-0.15, -0.1) is 0 Å². The Morgan fingerprint density at radius 3 is 0.944 bits per heavy atom. The number of hydrogen-bond acceptors (Lipinski definition) is 0. The highest BCUT2D eigenvalue weighted by Crippen LogP contribution is 2.55. The van der Waals surface area contributed by atoms with Gasteiger partial charge in [0.15, 0.2) is 0 Å². The van der Waals surface area contributed by atoms with Gasteiger partial charge in [-0.1, -0.05) is 222 Å². The number of hydrogen-bond donors (Lipinski definition) is 0. The van der Waals surface area contributed by atoms with Crippen LogP contribution in [0.1, 0.15) is 49.9 Å². The number of fused-ring (bicyclic) bond motifs is 10. The Labute approximate surface area is 414 Å². The number of halogens is 1. The molecular weight excluding hydrogens is 860 g/mol. The molecule has 1 heteroatoms. The number of rotatable bonds is 5. The second-order valence-corrected chi connectivity index (χ2v) is 20.8. The van der Waals surface area contributed by atoms with Crippen LogP contribution in [0.4, 0.5) is 4.39 Å². The first-order valence-electron chi connectivity index (χ1n) is 24.9. The van der Waals surface area contributed by atoms with Crippen molar-refractivity contribution in [1.29, 1.82) is 0 Å². The molecule has 0 radical (unpaired) electrons. The molecule has 0 amide bonds. The van der Waals surface area contributed by atoms with Crippen LogP contribution < -0.4 is 0 Å². The van der Waals surface area contributed by atoms with Gasteiger partial charge in [0, 0.05) is 10.8 Å². The molecule has 0 aromatic heterocycles. The summed E-state index contributed by atoms with van der Waals surface area (Å²) in [6.45, 7) is 9.21. The van der Waals surface area contributed by atoms with Gasteiger partial charge in [0.2, 0.25) is 0 Å². The summed E-state index contributed by atoms with van der Waals surface area (Å²) in [6, 6.07) is 82.3. The molecule has 14 rings (SSSR count). The van der Waals surface area contributed by atoms with Crippen LogP contribution in [0.5, 0.6) is 0 Å². The lowest BCUT2D eigenvalue weighted by molar-refractivity contribution is 0.609. The molecule has 2 aliphatic rings. The second-order valence-electron chi connectivity index (χ2n) is 20.8. The first kappa shape index (κ1) is 41.6. The second kappa shape index (κ2) is 15.3. The summed E-state index contributed by atoms with van der Waals surface area (Å²) < 4.78 is 14.5. The zero-order chi connectivity index (χ0) is 47.8. The Hall–Kier alpha value is -8.39. The van der Waals surface area contributed by atoms with Crippen molar-refractivity contribution in [3.8, 4) is 77.9 Å². The fourth-order valence-corrected chi connectivity index (χ4v) is 12.8. The first-order valence-corrected chi connectivity index (χ1v) is 24.9. The standard InChI is InChI=1S/C70H49F/c1-69(2)61-38-45(46-31-35-50-52-37-33-48(71)41-64(52)70(3,4)62(50)39-46)30-34-49(61)51-36-32-47(40-63(51)69)66-55-20-10-14-24-59(55)68(60-25-15-11-21-56(60)66)67-57-22-12-8-18-53(57)65(54-19-9-13-23-58(54)67)44-28-26-43(27-29-44)42-16-6-5-7-17-42/h5-41H,1-4H3. The van der Waals surface area contributed by atoms with Crippen LogP contribution >= 0.6 is 0 Å². The maximum Gasteiger partial charge on any atom is 0.123 e. The highest BCUT2D eigenvalue weighted by molar-refractivity contribution is 6.30. The summed E-state index contributed by atoms with van der Waals surface area (Å²) in [4.78, 5) is 0. The fourth-order valence-electron chi connectivity index (χ4n) is 12.8. The van der Waals surface area contributed by atoms with Crippen molar-refractivity contribution in [2.45, 2.75) is 38.5 Å². The highest BCUT2D eigenvalue weighted by Gasteiger charge is 2.38. The molecule has 0 atom stereocenters. The summed E-state index contributed by atoms with van der Waals surface area (Å²) in [6.07, 6.45) is 0. The van der Waals surface area contributed by atoms with Crippen LogP contribution in [-0.2, 0) is 10.8 Å². The normalized spacial score (nSPS) is 13.9. The third kappa shape index (κ3) is 6.09. The molecular formula is C70H49F. The van der Waals surface area contributed by atoms with E-state index in [1.165, 1.54) is 132 Å². The molecule has 0 fully saturated rings. The third-order valence-electron chi connectivity index (χ3n) is 16.3. The molecule has 0 saturated carbocycles. The van der Waals surface area contributed by atoms with Gasteiger partial charge >= 0.3 is 0 Å². The highest BCUT2D eigenvalue weighted by atomic mass is 19.1. The molecule has 71 heavy (non-hydrogen) atoms. The SMILES string of the molecule is CC1(C)c2cc(F)ccc2-c2ccc(-c3ccc4c(c3)C(C)(C)c3cc(-c5c6ccccc6c(-c6c7ccccc7c(-c7ccc(-c8ccccc8)cc7)c7ccccc67)c6ccccc56)ccc3-4)cc21. The Balaban J connectivity index is 0.914. The molecule has 0 nitrogen and oxygen atoms in total. The van der Waals surface area contributed by atoms with E-state index in [1.807, 2.05) is 6.07 Å². The van der Waals surface area contributed by atoms with E-state index in [1.54, 1.807) is 12.1 Å². The minimum atomic E-state index is -0.291. The smallest absolute Gasteiger partial charge is 0.123 e. The van der Waals surface area contributed by atoms with Crippen LogP contribution in [0.25, 0.3) is 121 Å². The molecule has 0 N–H and O–H groups in total. The predicted octanol–water partition coefficient (Wildman–Crippen LogP) is 19.4. The summed E-state index contributed by atoms with van der Waals surface area (Å²) >= 11 is 0. The molecule has 2 aliphatic carbocycles. The van der Waals surface area contributed by atoms with Crippen LogP contribution in [0.3, 0.4) is 0 Å². The lowest BCUT2D eigenvalue weighted by Crippen LogP contribution is -2.15. The molecule has 0 unspecified atom stereocenters. The summed E-state index contributed by atoms with van der Waals surface area (Å²) in [5, 5.41) is 9.97. The summed E-state index contributed by atoms with van der Waals surface area (Å²) in [5.74, 6) is -0.183. The molecule has 0 aliphatic heterocycles. The quantitative estimate of drug-likeness (QED) is 0.151. The van der Waals surface area contributed by atoms with Gasteiger partial charge in [-0.25, -0.2) is 4.39 Å². The van der Waals surface area contributed by atoms with Crippen molar-refractivity contribution in [2.24, 2.45) is 0 Å². The zero-order valence-electron chi connectivity index (χ0n) is 40.2. The molecule has 336 valence electrons. The molecule has 12 aromatic carbocycles. The molecule has 0 heterocycles. The van der Waals surface area contributed by atoms with Gasteiger partial charge < -0.3 is 0 Å². The van der Waals surface area contributed by atoms with E-state index in [9.17, 15) is 4.39 Å². The van der Waals surface area contributed by atoms with Crippen molar-refractivity contribution in [3.63, 3.8) is 0 Å². The Morgan fingerprint density at radius 2 is 0.521 bits per heavy atom. The largest absolute Gasteiger partial charge is 0.207 e. The Morgan fingerprint density at radius 1 is 0.239 bits per heavy atom. The Bertz CT molecular complexity index is 4090. The van der Waals surface area contributed by atoms with Gasteiger partial charge in [0.05, 0.1) is 0 Å². The van der Waals surface area contributed by atoms with Crippen molar-refractivity contribution < 1.29 is 4.39 Å². The topological polar surface area (TPSA) is 0 Å². The lowest BCUT2D eigenvalue weighted by Gasteiger charge is -2.24. The van der Waals surface area contributed by atoms with E-state index in [0.29, 0.717) is 0 Å². The maximum atomic E-state index is 14.5. The lowest BCUT2D eigenvalue weighted by atomic mass is 9.79. The van der Waals surface area contributed by atoms with Crippen LogP contribution in [-0.4, -0.2) is 0 Å². The van der Waals surface area contributed by atoms with Gasteiger partial charge in [-0.3, -0.25) is 0 Å². The van der Waals surface area contributed by atoms with E-state index in [-0.39, 0.29) is 16.6 Å². The monoisotopic (exact) mass is 908 g/mol. The number of benzene rings is 12. The van der Waals surface area contributed by atoms with Crippen molar-refractivity contribution in [2.75, 3.05) is 0 Å². The van der Waals surface area contributed by atoms with Crippen LogP contribution in [0.2, 0.25) is 0 Å². The minimum Gasteiger partial charge on any atom is -0.207 e. The third-order valence-corrected chi connectivity index (χ3v) is 16.3. The summed E-state index contributed by atoms with van der Waals surface area (Å²) in [5.41, 5.74) is 21.7. The van der Waals surface area contributed by atoms with E-state index in [2.05, 4.69) is 234 Å².